The third kappa shape index (κ3) is 0.690. The van der Waals surface area contributed by atoms with Gasteiger partial charge in [0, 0.05) is 20.0 Å². The van der Waals surface area contributed by atoms with E-state index < -0.39 is 6.10 Å². The summed E-state index contributed by atoms with van der Waals surface area (Å²) in [5, 5.41) is 10.5. The predicted molar refractivity (Wildman–Crippen MR) is 26.7 cm³/mol. The van der Waals surface area contributed by atoms with Crippen LogP contribution in [0.4, 0.5) is 0 Å². The van der Waals surface area contributed by atoms with Gasteiger partial charge in [-0.25, -0.2) is 5.11 Å². The molecule has 45 valence electrons. The first-order chi connectivity index (χ1) is 3.72. The number of rotatable bonds is 0. The molecule has 3 nitrogen and oxygen atoms in total. The summed E-state index contributed by atoms with van der Waals surface area (Å²) in [7, 11) is 1.65. The lowest BCUT2D eigenvalue weighted by Crippen LogP contribution is -2.24. The molecular weight excluding hydrogens is 106 g/mol. The van der Waals surface area contributed by atoms with Crippen LogP contribution in [0.2, 0.25) is 0 Å². The van der Waals surface area contributed by atoms with Crippen LogP contribution in [0.5, 0.6) is 0 Å². The fraction of sp³-hybridized carbons (Fsp3) is 0.800. The van der Waals surface area contributed by atoms with Crippen molar-refractivity contribution >= 4 is 5.91 Å². The summed E-state index contributed by atoms with van der Waals surface area (Å²) in [5.41, 5.74) is 0. The van der Waals surface area contributed by atoms with Crippen LogP contribution in [0.1, 0.15) is 6.42 Å². The van der Waals surface area contributed by atoms with Crippen molar-refractivity contribution in [1.82, 2.24) is 4.90 Å². The highest BCUT2D eigenvalue weighted by Crippen LogP contribution is 2.07. The summed E-state index contributed by atoms with van der Waals surface area (Å²) < 4.78 is 0. The molecule has 0 aliphatic carbocycles. The molecule has 1 amide bonds. The topological polar surface area (TPSA) is 40.2 Å². The Balaban J connectivity index is 2.57. The van der Waals surface area contributed by atoms with Crippen molar-refractivity contribution in [2.24, 2.45) is 0 Å². The molecule has 0 aromatic rings. The Bertz CT molecular complexity index is 101. The first-order valence-corrected chi connectivity index (χ1v) is 2.62. The number of hydrogen-bond acceptors (Lipinski definition) is 1. The molecule has 1 radical (unpaired) electrons. The van der Waals surface area contributed by atoms with Crippen molar-refractivity contribution < 1.29 is 9.90 Å². The summed E-state index contributed by atoms with van der Waals surface area (Å²) in [6, 6.07) is 0. The molecule has 1 unspecified atom stereocenters. The van der Waals surface area contributed by atoms with Crippen LogP contribution in [0.15, 0.2) is 0 Å². The maximum Gasteiger partial charge on any atom is 0.254 e. The minimum absolute atomic E-state index is 0.259. The molecule has 0 N–H and O–H groups in total. The summed E-state index contributed by atoms with van der Waals surface area (Å²) in [4.78, 5) is 12.0. The van der Waals surface area contributed by atoms with Gasteiger partial charge in [0.2, 0.25) is 0 Å². The Labute approximate surface area is 47.9 Å². The minimum Gasteiger partial charge on any atom is -0.343 e. The fourth-order valence-electron chi connectivity index (χ4n) is 0.790. The first-order valence-electron chi connectivity index (χ1n) is 2.62. The van der Waals surface area contributed by atoms with Gasteiger partial charge in [0.15, 0.2) is 6.10 Å². The Morgan fingerprint density at radius 1 is 1.75 bits per heavy atom. The van der Waals surface area contributed by atoms with Gasteiger partial charge in [-0.2, -0.15) is 0 Å². The van der Waals surface area contributed by atoms with Crippen molar-refractivity contribution in [2.75, 3.05) is 13.6 Å². The van der Waals surface area contributed by atoms with Crippen LogP contribution in [0.3, 0.4) is 0 Å². The summed E-state index contributed by atoms with van der Waals surface area (Å²) in [5.74, 6) is -0.259. The lowest BCUT2D eigenvalue weighted by molar-refractivity contribution is -0.136. The summed E-state index contributed by atoms with van der Waals surface area (Å²) in [6.45, 7) is 0.632. The second-order valence-corrected chi connectivity index (χ2v) is 2.04. The molecule has 0 aromatic heterocycles. The molecule has 1 aliphatic heterocycles. The van der Waals surface area contributed by atoms with Crippen LogP contribution >= 0.6 is 0 Å². The highest BCUT2D eigenvalue weighted by molar-refractivity contribution is 5.82. The average Bonchev–Trinajstić information content (AvgIpc) is 1.98. The number of carbonyl (C=O) groups is 1. The zero-order valence-electron chi connectivity index (χ0n) is 4.76. The van der Waals surface area contributed by atoms with Gasteiger partial charge >= 0.3 is 0 Å². The molecule has 1 fully saturated rings. The van der Waals surface area contributed by atoms with Crippen molar-refractivity contribution in [2.45, 2.75) is 12.5 Å². The molecule has 3 heteroatoms. The third-order valence-corrected chi connectivity index (χ3v) is 1.38. The molecule has 1 rings (SSSR count). The van der Waals surface area contributed by atoms with E-state index in [0.717, 1.165) is 0 Å². The number of nitrogens with zero attached hydrogens (tertiary/aromatic N) is 1. The zero-order chi connectivity index (χ0) is 6.15. The van der Waals surface area contributed by atoms with E-state index in [0.29, 0.717) is 13.0 Å². The van der Waals surface area contributed by atoms with E-state index in [1.165, 1.54) is 4.90 Å². The molecule has 1 atom stereocenters. The standard InChI is InChI=1S/C5H8NO2/c1-6-3-2-4(7)5(6)8/h4H,2-3H2,1H3. The number of likely N-dealkylation sites (N-methyl/N-ethyl adjacent to an activating group) is 1. The molecule has 8 heavy (non-hydrogen) atoms. The Morgan fingerprint density at radius 3 is 2.50 bits per heavy atom. The Kier molecular flexibility index (Phi) is 1.21. The van der Waals surface area contributed by atoms with Gasteiger partial charge < -0.3 is 4.90 Å². The molecule has 1 aliphatic rings. The van der Waals surface area contributed by atoms with E-state index >= 15 is 0 Å². The van der Waals surface area contributed by atoms with E-state index in [-0.39, 0.29) is 5.91 Å². The molecule has 0 spiro atoms. The van der Waals surface area contributed by atoms with Gasteiger partial charge in [0.25, 0.3) is 5.91 Å². The average molecular weight is 114 g/mol. The number of amides is 1. The SMILES string of the molecule is CN1CCC([O])C1=O. The highest BCUT2D eigenvalue weighted by Gasteiger charge is 2.27. The van der Waals surface area contributed by atoms with Crippen molar-refractivity contribution in [3.05, 3.63) is 0 Å². The van der Waals surface area contributed by atoms with Crippen molar-refractivity contribution in [1.29, 1.82) is 0 Å². The fourth-order valence-corrected chi connectivity index (χ4v) is 0.790. The Hall–Kier alpha value is -0.570. The lowest BCUT2D eigenvalue weighted by atomic mass is 10.3. The predicted octanol–water partition coefficient (Wildman–Crippen LogP) is -0.352. The van der Waals surface area contributed by atoms with Gasteiger partial charge in [0.1, 0.15) is 0 Å². The monoisotopic (exact) mass is 114 g/mol. The second-order valence-electron chi connectivity index (χ2n) is 2.04. The lowest BCUT2D eigenvalue weighted by Gasteiger charge is -2.03. The van der Waals surface area contributed by atoms with Crippen LogP contribution in [0.25, 0.3) is 0 Å². The van der Waals surface area contributed by atoms with Crippen LogP contribution in [-0.4, -0.2) is 30.5 Å². The van der Waals surface area contributed by atoms with Crippen LogP contribution < -0.4 is 0 Å². The van der Waals surface area contributed by atoms with Crippen LogP contribution in [0, 0.1) is 0 Å². The number of carbonyl (C=O) groups excluding carboxylic acids is 1. The quantitative estimate of drug-likeness (QED) is 0.424. The smallest absolute Gasteiger partial charge is 0.254 e. The van der Waals surface area contributed by atoms with Crippen molar-refractivity contribution in [3.63, 3.8) is 0 Å². The van der Waals surface area contributed by atoms with E-state index in [4.69, 9.17) is 0 Å². The molecule has 0 aromatic carbocycles. The second kappa shape index (κ2) is 1.74. The maximum absolute atomic E-state index is 10.5. The Morgan fingerprint density at radius 2 is 2.38 bits per heavy atom. The molecule has 0 bridgehead atoms. The van der Waals surface area contributed by atoms with E-state index in [2.05, 4.69) is 0 Å². The van der Waals surface area contributed by atoms with Gasteiger partial charge in [-0.3, -0.25) is 4.79 Å². The number of hydrogen-bond donors (Lipinski definition) is 0. The minimum atomic E-state index is -0.972. The van der Waals surface area contributed by atoms with Gasteiger partial charge in [-0.05, 0) is 0 Å². The van der Waals surface area contributed by atoms with Crippen molar-refractivity contribution in [3.8, 4) is 0 Å². The van der Waals surface area contributed by atoms with Crippen LogP contribution in [-0.2, 0) is 9.90 Å². The van der Waals surface area contributed by atoms with E-state index in [1.54, 1.807) is 7.05 Å². The van der Waals surface area contributed by atoms with Gasteiger partial charge in [-0.1, -0.05) is 0 Å². The zero-order valence-corrected chi connectivity index (χ0v) is 4.76. The molecule has 1 saturated heterocycles. The maximum atomic E-state index is 10.5. The van der Waals surface area contributed by atoms with E-state index in [1.807, 2.05) is 0 Å². The summed E-state index contributed by atoms with van der Waals surface area (Å²) in [6.07, 6.45) is -0.491. The van der Waals surface area contributed by atoms with Gasteiger partial charge in [0.05, 0.1) is 0 Å². The third-order valence-electron chi connectivity index (χ3n) is 1.38. The highest BCUT2D eigenvalue weighted by atomic mass is 16.3. The first kappa shape index (κ1) is 5.56. The normalized spacial score (nSPS) is 29.5. The molecular formula is C5H8NO2. The molecule has 0 saturated carbocycles. The molecule has 1 heterocycles. The largest absolute Gasteiger partial charge is 0.343 e. The van der Waals surface area contributed by atoms with Gasteiger partial charge in [-0.15, -0.1) is 0 Å². The number of likely N-dealkylation sites (tertiary alicyclic amines) is 1. The van der Waals surface area contributed by atoms with E-state index in [9.17, 15) is 9.90 Å². The summed E-state index contributed by atoms with van der Waals surface area (Å²) >= 11 is 0.